The summed E-state index contributed by atoms with van der Waals surface area (Å²) in [6.07, 6.45) is 1.63. The van der Waals surface area contributed by atoms with Crippen LogP contribution in [0.25, 0.3) is 16.0 Å². The van der Waals surface area contributed by atoms with Gasteiger partial charge in [0.25, 0.3) is 5.78 Å². The summed E-state index contributed by atoms with van der Waals surface area (Å²) < 4.78 is 17.8. The van der Waals surface area contributed by atoms with Gasteiger partial charge in [0.15, 0.2) is 16.6 Å². The maximum Gasteiger partial charge on any atom is 0.301 e. The van der Waals surface area contributed by atoms with Crippen molar-refractivity contribution in [3.05, 3.63) is 95.1 Å². The molecule has 1 aliphatic heterocycles. The summed E-state index contributed by atoms with van der Waals surface area (Å²) in [6, 6.07) is 14.9. The molecule has 2 heterocycles. The summed E-state index contributed by atoms with van der Waals surface area (Å²) >= 11 is 1.32. The van der Waals surface area contributed by atoms with E-state index < -0.39 is 17.7 Å². The van der Waals surface area contributed by atoms with E-state index in [-0.39, 0.29) is 17.9 Å². The Balaban J connectivity index is 1.73. The number of rotatable bonds is 9. The monoisotopic (exact) mass is 570 g/mol. The van der Waals surface area contributed by atoms with Gasteiger partial charge in [-0.3, -0.25) is 14.5 Å². The lowest BCUT2D eigenvalue weighted by Crippen LogP contribution is -2.29. The molecule has 4 aromatic rings. The van der Waals surface area contributed by atoms with Gasteiger partial charge in [-0.1, -0.05) is 36.1 Å². The quantitative estimate of drug-likeness (QED) is 0.106. The number of carbonyl (C=O) groups is 2. The molecule has 3 aromatic carbocycles. The molecule has 210 valence electrons. The van der Waals surface area contributed by atoms with Crippen LogP contribution in [0.4, 0.5) is 5.13 Å². The van der Waals surface area contributed by atoms with Gasteiger partial charge < -0.3 is 19.3 Å². The minimum absolute atomic E-state index is 0.0467. The summed E-state index contributed by atoms with van der Waals surface area (Å²) in [5, 5.41) is 11.8. The smallest absolute Gasteiger partial charge is 0.301 e. The Kier molecular flexibility index (Phi) is 7.81. The molecule has 0 radical (unpaired) electrons. The Labute approximate surface area is 242 Å². The molecule has 1 fully saturated rings. The lowest BCUT2D eigenvalue weighted by molar-refractivity contribution is -0.132. The molecule has 0 aliphatic carbocycles. The van der Waals surface area contributed by atoms with E-state index in [9.17, 15) is 14.7 Å². The van der Waals surface area contributed by atoms with Crippen molar-refractivity contribution < 1.29 is 28.9 Å². The van der Waals surface area contributed by atoms with Crippen LogP contribution in [0, 0.1) is 13.8 Å². The van der Waals surface area contributed by atoms with Gasteiger partial charge in [0.1, 0.15) is 18.1 Å². The molecule has 41 heavy (non-hydrogen) atoms. The Hall–Kier alpha value is -4.63. The van der Waals surface area contributed by atoms with E-state index in [1.165, 1.54) is 16.2 Å². The number of benzene rings is 3. The summed E-state index contributed by atoms with van der Waals surface area (Å²) in [7, 11) is 1.54. The predicted molar refractivity (Wildman–Crippen MR) is 160 cm³/mol. The van der Waals surface area contributed by atoms with Crippen LogP contribution in [-0.4, -0.2) is 42.1 Å². The maximum atomic E-state index is 13.7. The van der Waals surface area contributed by atoms with Gasteiger partial charge in [-0.05, 0) is 79.9 Å². The Bertz CT molecular complexity index is 1690. The molecule has 1 unspecified atom stereocenters. The highest BCUT2D eigenvalue weighted by Gasteiger charge is 2.48. The molecule has 0 saturated carbocycles. The summed E-state index contributed by atoms with van der Waals surface area (Å²) in [5.41, 5.74) is 3.68. The van der Waals surface area contributed by atoms with E-state index in [1.807, 2.05) is 32.9 Å². The molecule has 1 saturated heterocycles. The highest BCUT2D eigenvalue weighted by Crippen LogP contribution is 2.46. The molecule has 1 aliphatic rings. The summed E-state index contributed by atoms with van der Waals surface area (Å²) in [5.74, 6) is -0.345. The van der Waals surface area contributed by atoms with E-state index in [1.54, 1.807) is 55.7 Å². The van der Waals surface area contributed by atoms with Crippen molar-refractivity contribution in [1.82, 2.24) is 4.98 Å². The number of aryl methyl sites for hydroxylation is 2. The molecule has 1 atom stereocenters. The lowest BCUT2D eigenvalue weighted by atomic mass is 9.95. The molecule has 1 amide bonds. The number of aliphatic hydroxyl groups is 1. The number of aliphatic hydroxyl groups excluding tert-OH is 1. The second-order valence-electron chi connectivity index (χ2n) is 9.56. The first-order chi connectivity index (χ1) is 19.8. The highest BCUT2D eigenvalue weighted by atomic mass is 32.1. The number of thiazole rings is 1. The van der Waals surface area contributed by atoms with E-state index in [2.05, 4.69) is 6.58 Å². The van der Waals surface area contributed by atoms with Crippen molar-refractivity contribution in [2.24, 2.45) is 0 Å². The number of hydrogen-bond acceptors (Lipinski definition) is 8. The fourth-order valence-electron chi connectivity index (χ4n) is 4.94. The van der Waals surface area contributed by atoms with Gasteiger partial charge in [-0.15, -0.1) is 0 Å². The zero-order valence-electron chi connectivity index (χ0n) is 23.3. The molecular formula is C32H30N2O6S. The summed E-state index contributed by atoms with van der Waals surface area (Å²) in [6.45, 7) is 10.2. The molecular weight excluding hydrogens is 540 g/mol. The third-order valence-electron chi connectivity index (χ3n) is 6.77. The van der Waals surface area contributed by atoms with Gasteiger partial charge in [-0.25, -0.2) is 4.98 Å². The molecule has 1 aromatic heterocycles. The van der Waals surface area contributed by atoms with E-state index in [0.29, 0.717) is 40.1 Å². The Morgan fingerprint density at radius 3 is 2.51 bits per heavy atom. The number of hydrogen-bond donors (Lipinski definition) is 1. The first-order valence-corrected chi connectivity index (χ1v) is 13.9. The first-order valence-electron chi connectivity index (χ1n) is 13.1. The number of ketones is 1. The number of ether oxygens (including phenoxy) is 3. The van der Waals surface area contributed by atoms with E-state index >= 15 is 0 Å². The number of aromatic nitrogens is 1. The molecule has 0 spiro atoms. The average molecular weight is 571 g/mol. The Morgan fingerprint density at radius 2 is 1.83 bits per heavy atom. The average Bonchev–Trinajstić information content (AvgIpc) is 3.50. The zero-order valence-corrected chi connectivity index (χ0v) is 24.1. The maximum absolute atomic E-state index is 13.7. The van der Waals surface area contributed by atoms with Gasteiger partial charge in [0.2, 0.25) is 0 Å². The van der Waals surface area contributed by atoms with E-state index in [4.69, 9.17) is 19.2 Å². The fraction of sp³-hybridized carbons (Fsp3) is 0.219. The molecule has 1 N–H and O–H groups in total. The molecule has 9 heteroatoms. The van der Waals surface area contributed by atoms with Crippen molar-refractivity contribution in [3.63, 3.8) is 0 Å². The Morgan fingerprint density at radius 1 is 1.07 bits per heavy atom. The first kappa shape index (κ1) is 27.9. The minimum atomic E-state index is -0.966. The van der Waals surface area contributed by atoms with E-state index in [0.717, 1.165) is 21.3 Å². The number of anilines is 1. The topological polar surface area (TPSA) is 98.2 Å². The second-order valence-corrected chi connectivity index (χ2v) is 10.6. The number of Topliss-reactive ketones (excluding diaryl/α,β-unsaturated/α-hetero) is 1. The van der Waals surface area contributed by atoms with Crippen LogP contribution in [-0.2, 0) is 9.59 Å². The molecule has 5 rings (SSSR count). The molecule has 0 bridgehead atoms. The normalized spacial score (nSPS) is 16.3. The number of methoxy groups -OCH3 is 1. The predicted octanol–water partition coefficient (Wildman–Crippen LogP) is 6.51. The van der Waals surface area contributed by atoms with Crippen molar-refractivity contribution in [1.29, 1.82) is 0 Å². The van der Waals surface area contributed by atoms with Gasteiger partial charge in [0.05, 0.1) is 35.5 Å². The number of nitrogens with zero attached hydrogens (tertiary/aromatic N) is 2. The summed E-state index contributed by atoms with van der Waals surface area (Å²) in [4.78, 5) is 33.5. The van der Waals surface area contributed by atoms with Crippen LogP contribution in [0.5, 0.6) is 17.2 Å². The van der Waals surface area contributed by atoms with Crippen molar-refractivity contribution >= 4 is 44.1 Å². The second kappa shape index (κ2) is 11.5. The highest BCUT2D eigenvalue weighted by molar-refractivity contribution is 7.22. The number of fused-ring (bicyclic) bond motifs is 1. The van der Waals surface area contributed by atoms with Crippen molar-refractivity contribution in [3.8, 4) is 17.2 Å². The molecule has 8 nitrogen and oxygen atoms in total. The van der Waals surface area contributed by atoms with Crippen LogP contribution in [0.15, 0.2) is 72.8 Å². The third-order valence-corrected chi connectivity index (χ3v) is 7.77. The van der Waals surface area contributed by atoms with Crippen LogP contribution >= 0.6 is 11.3 Å². The van der Waals surface area contributed by atoms with Crippen LogP contribution < -0.4 is 19.1 Å². The van der Waals surface area contributed by atoms with Crippen molar-refractivity contribution in [2.75, 3.05) is 25.2 Å². The number of amides is 1. The lowest BCUT2D eigenvalue weighted by Gasteiger charge is -2.24. The zero-order chi connectivity index (χ0) is 29.3. The SMILES string of the molecule is C=CCOc1ccc(C2C(=C(O)c3ccc(OC)cc3)C(=O)C(=O)N2c2nc3c(C)cc(C)cc3s2)cc1OCC. The number of carbonyl (C=O) groups excluding carboxylic acids is 2. The minimum Gasteiger partial charge on any atom is -0.507 e. The van der Waals surface area contributed by atoms with Crippen LogP contribution in [0.1, 0.15) is 35.2 Å². The van der Waals surface area contributed by atoms with Gasteiger partial charge in [-0.2, -0.15) is 0 Å². The third kappa shape index (κ3) is 5.16. The van der Waals surface area contributed by atoms with Crippen molar-refractivity contribution in [2.45, 2.75) is 26.8 Å². The van der Waals surface area contributed by atoms with Gasteiger partial charge >= 0.3 is 5.91 Å². The standard InChI is InChI=1S/C32H30N2O6S/c1-6-14-40-23-13-10-21(17-24(23)39-7-2)28-26(29(35)20-8-11-22(38-5)12-9-20)30(36)31(37)34(28)32-33-27-19(4)15-18(3)16-25(27)41-32/h6,8-13,15-17,28,35H,1,7,14H2,2-5H3. The fourth-order valence-corrected chi connectivity index (χ4v) is 6.11. The van der Waals surface area contributed by atoms with Crippen LogP contribution in [0.2, 0.25) is 0 Å². The van der Waals surface area contributed by atoms with Crippen LogP contribution in [0.3, 0.4) is 0 Å². The van der Waals surface area contributed by atoms with Gasteiger partial charge in [0, 0.05) is 5.56 Å². The largest absolute Gasteiger partial charge is 0.507 e.